The summed E-state index contributed by atoms with van der Waals surface area (Å²) in [6, 6.07) is 8.54. The van der Waals surface area contributed by atoms with Gasteiger partial charge in [-0.05, 0) is 100 Å². The molecule has 0 spiro atoms. The number of fused-ring (bicyclic) bond motifs is 3. The lowest BCUT2D eigenvalue weighted by atomic mass is 9.95. The maximum absolute atomic E-state index is 14.1. The van der Waals surface area contributed by atoms with Gasteiger partial charge in [0, 0.05) is 104 Å². The van der Waals surface area contributed by atoms with Crippen molar-refractivity contribution in [2.24, 2.45) is 13.0 Å². The van der Waals surface area contributed by atoms with E-state index < -0.39 is 45.3 Å². The first-order valence-corrected chi connectivity index (χ1v) is 25.9. The number of nitrogens with one attached hydrogen (secondary N) is 5. The summed E-state index contributed by atoms with van der Waals surface area (Å²) in [4.78, 5) is 98.2. The number of piperidine rings is 1. The molecular formula is C50H62N8O10S. The fourth-order valence-corrected chi connectivity index (χ4v) is 10.5. The topological polar surface area (TPSA) is 238 Å². The predicted octanol–water partition coefficient (Wildman–Crippen LogP) is 4.75. The Balaban J connectivity index is 0.939. The SMILES string of the molecule is Cn1cc2c3c(c(C(=O)NCCNC(=O)OC(C)(C)C)[nH]c3c1=O)CN(CC1CC1)c1cc(C(=O)NCCCCCCCc3cccc4c3CN(C3CCC(=O)NC3=O)C4=O)c(CS(C)(=O)=O)cc1-2. The molecule has 1 unspecified atom stereocenters. The van der Waals surface area contributed by atoms with E-state index in [2.05, 4.69) is 31.2 Å². The van der Waals surface area contributed by atoms with Crippen molar-refractivity contribution in [2.75, 3.05) is 37.3 Å². The first-order valence-electron chi connectivity index (χ1n) is 23.9. The molecule has 1 saturated heterocycles. The highest BCUT2D eigenvalue weighted by Gasteiger charge is 2.40. The molecule has 1 atom stereocenters. The number of H-pyrrole nitrogens is 1. The number of aromatic nitrogens is 2. The number of hydrogen-bond acceptors (Lipinski definition) is 11. The minimum Gasteiger partial charge on any atom is -0.444 e. The third-order valence-electron chi connectivity index (χ3n) is 13.2. The summed E-state index contributed by atoms with van der Waals surface area (Å²) in [6.07, 6.45) is 9.82. The predicted molar refractivity (Wildman–Crippen MR) is 259 cm³/mol. The third kappa shape index (κ3) is 11.2. The number of carbonyl (C=O) groups excluding carboxylic acids is 6. The maximum Gasteiger partial charge on any atom is 0.407 e. The Morgan fingerprint density at radius 3 is 2.28 bits per heavy atom. The van der Waals surface area contributed by atoms with Crippen LogP contribution in [0, 0.1) is 5.92 Å². The molecule has 5 heterocycles. The van der Waals surface area contributed by atoms with E-state index in [1.54, 1.807) is 57.1 Å². The molecule has 6 amide bonds. The van der Waals surface area contributed by atoms with Gasteiger partial charge in [0.1, 0.15) is 22.9 Å². The average molecular weight is 967 g/mol. The molecule has 8 rings (SSSR count). The number of carbonyl (C=O) groups is 6. The molecule has 4 aliphatic rings. The van der Waals surface area contributed by atoms with E-state index in [9.17, 15) is 42.0 Å². The molecule has 5 N–H and O–H groups in total. The number of alkyl carbamates (subject to hydrolysis) is 1. The van der Waals surface area contributed by atoms with Crippen LogP contribution < -0.4 is 31.7 Å². The van der Waals surface area contributed by atoms with Crippen molar-refractivity contribution in [3.05, 3.63) is 86.0 Å². The summed E-state index contributed by atoms with van der Waals surface area (Å²) in [7, 11) is -2.00. The minimum atomic E-state index is -3.62. The van der Waals surface area contributed by atoms with E-state index in [0.717, 1.165) is 62.3 Å². The molecule has 18 nitrogen and oxygen atoms in total. The van der Waals surface area contributed by atoms with Gasteiger partial charge in [0.2, 0.25) is 11.8 Å². The van der Waals surface area contributed by atoms with Crippen LogP contribution in [0.15, 0.2) is 41.3 Å². The maximum atomic E-state index is 14.1. The summed E-state index contributed by atoms with van der Waals surface area (Å²) in [5.74, 6) is -1.81. The van der Waals surface area contributed by atoms with E-state index in [4.69, 9.17) is 4.74 Å². The second-order valence-electron chi connectivity index (χ2n) is 19.9. The molecule has 19 heteroatoms. The van der Waals surface area contributed by atoms with Crippen molar-refractivity contribution in [2.45, 2.75) is 115 Å². The smallest absolute Gasteiger partial charge is 0.407 e. The summed E-state index contributed by atoms with van der Waals surface area (Å²) in [6.45, 7) is 7.03. The molecule has 2 aromatic heterocycles. The van der Waals surface area contributed by atoms with Crippen LogP contribution in [-0.2, 0) is 56.5 Å². The summed E-state index contributed by atoms with van der Waals surface area (Å²) < 4.78 is 32.6. The molecule has 368 valence electrons. The zero-order valence-corrected chi connectivity index (χ0v) is 40.8. The van der Waals surface area contributed by atoms with Crippen molar-refractivity contribution in [1.29, 1.82) is 0 Å². The largest absolute Gasteiger partial charge is 0.444 e. The van der Waals surface area contributed by atoms with Crippen LogP contribution in [0.5, 0.6) is 0 Å². The quantitative estimate of drug-likeness (QED) is 0.0674. The van der Waals surface area contributed by atoms with Crippen molar-refractivity contribution >= 4 is 62.1 Å². The van der Waals surface area contributed by atoms with Gasteiger partial charge in [-0.2, -0.15) is 0 Å². The zero-order chi connectivity index (χ0) is 49.4. The van der Waals surface area contributed by atoms with Crippen molar-refractivity contribution in [1.82, 2.24) is 35.7 Å². The number of imide groups is 1. The number of aromatic amines is 1. The molecule has 1 aliphatic carbocycles. The van der Waals surface area contributed by atoms with Gasteiger partial charge in [-0.15, -0.1) is 0 Å². The number of sulfone groups is 1. The standard InChI is InChI=1S/C50H62N8O10S/c1-50(2,3)68-49(65)53-21-20-52-46(62)42-37-26-57(24-29-15-16-29)39-23-33(31(28-69(5,66)67)22-34(39)36-25-56(4)48(64)43(55-42)41(36)37)44(60)51-19-10-8-6-7-9-12-30-13-11-14-32-35(30)27-58(47(32)63)38-17-18-40(59)54-45(38)61/h11,13-14,22-23,25,29,38,55H,6-10,12,15-21,24,26-28H2,1-5H3,(H,51,60)(H,52,62)(H,53,65)(H,54,59,61). The summed E-state index contributed by atoms with van der Waals surface area (Å²) in [5, 5.41) is 11.4. The third-order valence-corrected chi connectivity index (χ3v) is 14.0. The van der Waals surface area contributed by atoms with Crippen molar-refractivity contribution in [3.8, 4) is 11.1 Å². The number of rotatable bonds is 18. The second kappa shape index (κ2) is 19.8. The lowest BCUT2D eigenvalue weighted by molar-refractivity contribution is -0.136. The first kappa shape index (κ1) is 48.9. The number of amides is 6. The van der Waals surface area contributed by atoms with Gasteiger partial charge >= 0.3 is 6.09 Å². The highest BCUT2D eigenvalue weighted by Crippen LogP contribution is 2.45. The molecule has 3 aliphatic heterocycles. The van der Waals surface area contributed by atoms with Gasteiger partial charge in [-0.1, -0.05) is 31.4 Å². The van der Waals surface area contributed by atoms with E-state index in [1.165, 1.54) is 4.57 Å². The van der Waals surface area contributed by atoms with Gasteiger partial charge in [0.25, 0.3) is 23.3 Å². The Morgan fingerprint density at radius 2 is 1.55 bits per heavy atom. The summed E-state index contributed by atoms with van der Waals surface area (Å²) >= 11 is 0. The Kier molecular flexibility index (Phi) is 14.1. The monoisotopic (exact) mass is 966 g/mol. The van der Waals surface area contributed by atoms with Gasteiger partial charge in [-0.25, -0.2) is 13.2 Å². The number of ether oxygens (including phenoxy) is 1. The molecule has 0 bridgehead atoms. The van der Waals surface area contributed by atoms with Crippen LogP contribution in [0.4, 0.5) is 10.5 Å². The summed E-state index contributed by atoms with van der Waals surface area (Å²) in [5.41, 5.74) is 5.16. The lowest BCUT2D eigenvalue weighted by Gasteiger charge is -2.29. The van der Waals surface area contributed by atoms with E-state index in [-0.39, 0.29) is 66.0 Å². The Hall–Kier alpha value is -6.50. The van der Waals surface area contributed by atoms with Crippen LogP contribution in [0.25, 0.3) is 22.0 Å². The van der Waals surface area contributed by atoms with Gasteiger partial charge in [0.15, 0.2) is 9.84 Å². The number of hydrogen-bond donors (Lipinski definition) is 5. The Labute approximate surface area is 401 Å². The molecule has 2 aromatic carbocycles. The molecule has 2 fully saturated rings. The molecular weight excluding hydrogens is 905 g/mol. The Morgan fingerprint density at radius 1 is 0.826 bits per heavy atom. The van der Waals surface area contributed by atoms with Crippen LogP contribution >= 0.6 is 0 Å². The minimum absolute atomic E-state index is 0.0902. The highest BCUT2D eigenvalue weighted by molar-refractivity contribution is 7.89. The first-order chi connectivity index (χ1) is 32.8. The zero-order valence-electron chi connectivity index (χ0n) is 40.0. The normalized spacial score (nSPS) is 16.8. The van der Waals surface area contributed by atoms with Crippen LogP contribution in [-0.4, -0.2) is 103 Å². The number of pyridine rings is 1. The van der Waals surface area contributed by atoms with Gasteiger partial charge < -0.3 is 40.0 Å². The molecule has 4 aromatic rings. The fraction of sp³-hybridized carbons (Fsp3) is 0.500. The van der Waals surface area contributed by atoms with Crippen LogP contribution in [0.3, 0.4) is 0 Å². The molecule has 1 saturated carbocycles. The average Bonchev–Trinajstić information content (AvgIpc) is 3.95. The van der Waals surface area contributed by atoms with E-state index >= 15 is 0 Å². The van der Waals surface area contributed by atoms with E-state index in [1.807, 2.05) is 12.1 Å². The van der Waals surface area contributed by atoms with Crippen LogP contribution in [0.1, 0.15) is 132 Å². The number of unbranched alkanes of at least 4 members (excludes halogenated alkanes) is 4. The van der Waals surface area contributed by atoms with Crippen molar-refractivity contribution in [3.63, 3.8) is 0 Å². The molecule has 69 heavy (non-hydrogen) atoms. The number of aryl methyl sites for hydroxylation is 2. The number of nitrogens with zero attached hydrogens (tertiary/aromatic N) is 3. The van der Waals surface area contributed by atoms with E-state index in [0.29, 0.717) is 77.3 Å². The second-order valence-corrected chi connectivity index (χ2v) is 22.0. The Bertz CT molecular complexity index is 2910. The fourth-order valence-electron chi connectivity index (χ4n) is 9.72. The number of anilines is 1. The number of benzene rings is 2. The highest BCUT2D eigenvalue weighted by atomic mass is 32.2. The van der Waals surface area contributed by atoms with Crippen molar-refractivity contribution < 1.29 is 41.9 Å². The van der Waals surface area contributed by atoms with Gasteiger partial charge in [-0.3, -0.25) is 34.1 Å². The lowest BCUT2D eigenvalue weighted by Crippen LogP contribution is -2.52. The molecule has 0 radical (unpaired) electrons. The van der Waals surface area contributed by atoms with Gasteiger partial charge in [0.05, 0.1) is 5.75 Å². The van der Waals surface area contributed by atoms with Crippen LogP contribution in [0.2, 0.25) is 0 Å².